The number of hydrogen-bond donors (Lipinski definition) is 1. The lowest BCUT2D eigenvalue weighted by molar-refractivity contribution is -0.114. The fraction of sp³-hybridized carbons (Fsp3) is 0.615. The van der Waals surface area contributed by atoms with E-state index in [-0.39, 0.29) is 17.4 Å². The van der Waals surface area contributed by atoms with Crippen LogP contribution < -0.4 is 5.32 Å². The summed E-state index contributed by atoms with van der Waals surface area (Å²) < 4.78 is 0. The highest BCUT2D eigenvalue weighted by Gasteiger charge is 2.36. The van der Waals surface area contributed by atoms with Crippen LogP contribution in [0.2, 0.25) is 0 Å². The van der Waals surface area contributed by atoms with Crippen molar-refractivity contribution in [3.8, 4) is 0 Å². The summed E-state index contributed by atoms with van der Waals surface area (Å²) in [5.74, 6) is -0.255. The minimum atomic E-state index is -0.220. The molecule has 0 bridgehead atoms. The van der Waals surface area contributed by atoms with Crippen LogP contribution in [-0.4, -0.2) is 58.8 Å². The molecule has 110 valence electrons. The molecule has 0 atom stereocenters. The van der Waals surface area contributed by atoms with Gasteiger partial charge in [-0.05, 0) is 20.9 Å². The number of carbonyl (C=O) groups is 2. The predicted octanol–water partition coefficient (Wildman–Crippen LogP) is 1.27. The molecular weight excluding hydrogens is 276 g/mol. The highest BCUT2D eigenvalue weighted by atomic mass is 32.1. The Kier molecular flexibility index (Phi) is 4.10. The van der Waals surface area contributed by atoms with Crippen LogP contribution in [0.4, 0.5) is 5.13 Å². The number of hydrogen-bond acceptors (Lipinski definition) is 5. The van der Waals surface area contributed by atoms with Gasteiger partial charge in [0.05, 0.1) is 5.54 Å². The van der Waals surface area contributed by atoms with Crippen LogP contribution in [-0.2, 0) is 4.79 Å². The Hall–Kier alpha value is -1.47. The number of likely N-dealkylation sites (N-methyl/N-ethyl adjacent to an activating group) is 1. The Morgan fingerprint density at radius 3 is 2.70 bits per heavy atom. The first-order valence-corrected chi connectivity index (χ1v) is 7.41. The Balaban J connectivity index is 2.14. The summed E-state index contributed by atoms with van der Waals surface area (Å²) in [6, 6.07) is 0. The first kappa shape index (κ1) is 14.9. The number of amides is 2. The molecule has 20 heavy (non-hydrogen) atoms. The summed E-state index contributed by atoms with van der Waals surface area (Å²) in [6.45, 7) is 7.92. The Bertz CT molecular complexity index is 526. The van der Waals surface area contributed by atoms with E-state index in [1.807, 2.05) is 4.90 Å². The fourth-order valence-electron chi connectivity index (χ4n) is 2.49. The highest BCUT2D eigenvalue weighted by molar-refractivity contribution is 7.14. The van der Waals surface area contributed by atoms with Gasteiger partial charge in [0.25, 0.3) is 5.91 Å². The zero-order valence-corrected chi connectivity index (χ0v) is 13.1. The first-order valence-electron chi connectivity index (χ1n) is 6.53. The molecule has 1 aromatic rings. The zero-order valence-electron chi connectivity index (χ0n) is 12.3. The van der Waals surface area contributed by atoms with Crippen molar-refractivity contribution in [2.45, 2.75) is 26.3 Å². The van der Waals surface area contributed by atoms with Gasteiger partial charge in [-0.3, -0.25) is 9.59 Å². The first-order chi connectivity index (χ1) is 9.29. The summed E-state index contributed by atoms with van der Waals surface area (Å²) in [6.07, 6.45) is 0. The molecule has 0 spiro atoms. The standard InChI is InChI=1S/C13H20N4O2S/c1-9(18)14-12-15-10(7-20-12)11(19)17-6-5-16(4)8-13(17,2)3/h7H,5-6,8H2,1-4H3,(H,14,15,18). The van der Waals surface area contributed by atoms with Crippen molar-refractivity contribution in [1.29, 1.82) is 0 Å². The van der Waals surface area contributed by atoms with Gasteiger partial charge < -0.3 is 15.1 Å². The van der Waals surface area contributed by atoms with Crippen molar-refractivity contribution in [2.75, 3.05) is 32.0 Å². The molecule has 1 saturated heterocycles. The summed E-state index contributed by atoms with van der Waals surface area (Å²) in [5, 5.41) is 4.76. The van der Waals surface area contributed by atoms with Gasteiger partial charge in [0.2, 0.25) is 5.91 Å². The Morgan fingerprint density at radius 2 is 2.10 bits per heavy atom. The molecule has 0 aliphatic carbocycles. The normalized spacial score (nSPS) is 18.9. The van der Waals surface area contributed by atoms with Crippen LogP contribution in [0.15, 0.2) is 5.38 Å². The molecule has 1 fully saturated rings. The summed E-state index contributed by atoms with van der Waals surface area (Å²) in [7, 11) is 2.06. The molecule has 7 heteroatoms. The van der Waals surface area contributed by atoms with E-state index in [0.717, 1.165) is 13.1 Å². The van der Waals surface area contributed by atoms with E-state index in [4.69, 9.17) is 0 Å². The van der Waals surface area contributed by atoms with Crippen LogP contribution in [0.1, 0.15) is 31.3 Å². The number of anilines is 1. The second-order valence-electron chi connectivity index (χ2n) is 5.73. The van der Waals surface area contributed by atoms with Crippen molar-refractivity contribution < 1.29 is 9.59 Å². The molecule has 0 aromatic carbocycles. The van der Waals surface area contributed by atoms with Crippen LogP contribution in [0.5, 0.6) is 0 Å². The van der Waals surface area contributed by atoms with Gasteiger partial charge in [-0.2, -0.15) is 0 Å². The van der Waals surface area contributed by atoms with E-state index in [2.05, 4.69) is 36.1 Å². The van der Waals surface area contributed by atoms with Crippen molar-refractivity contribution in [3.05, 3.63) is 11.1 Å². The minimum absolute atomic E-state index is 0.0732. The van der Waals surface area contributed by atoms with E-state index in [9.17, 15) is 9.59 Å². The number of rotatable bonds is 2. The van der Waals surface area contributed by atoms with Crippen LogP contribution in [0.25, 0.3) is 0 Å². The molecule has 6 nitrogen and oxygen atoms in total. The third kappa shape index (κ3) is 3.16. The van der Waals surface area contributed by atoms with Gasteiger partial charge in [0.1, 0.15) is 5.69 Å². The van der Waals surface area contributed by atoms with E-state index >= 15 is 0 Å². The van der Waals surface area contributed by atoms with Gasteiger partial charge in [-0.25, -0.2) is 4.98 Å². The lowest BCUT2D eigenvalue weighted by atomic mass is 9.98. The maximum Gasteiger partial charge on any atom is 0.273 e. The van der Waals surface area contributed by atoms with Gasteiger partial charge in [0, 0.05) is 31.9 Å². The molecule has 1 aliphatic rings. The average Bonchev–Trinajstić information content (AvgIpc) is 2.74. The number of aromatic nitrogens is 1. The Labute approximate surface area is 122 Å². The number of thiazole rings is 1. The van der Waals surface area contributed by atoms with Gasteiger partial charge >= 0.3 is 0 Å². The molecule has 2 heterocycles. The second-order valence-corrected chi connectivity index (χ2v) is 6.58. The molecule has 0 saturated carbocycles. The van der Waals surface area contributed by atoms with Crippen LogP contribution in [0.3, 0.4) is 0 Å². The van der Waals surface area contributed by atoms with Crippen LogP contribution >= 0.6 is 11.3 Å². The minimum Gasteiger partial charge on any atom is -0.330 e. The SMILES string of the molecule is CC(=O)Nc1nc(C(=O)N2CCN(C)CC2(C)C)cs1. The van der Waals surface area contributed by atoms with Crippen molar-refractivity contribution in [1.82, 2.24) is 14.8 Å². The summed E-state index contributed by atoms with van der Waals surface area (Å²) >= 11 is 1.27. The Morgan fingerprint density at radius 1 is 1.40 bits per heavy atom. The molecule has 1 aliphatic heterocycles. The van der Waals surface area contributed by atoms with E-state index in [1.54, 1.807) is 5.38 Å². The third-order valence-corrected chi connectivity index (χ3v) is 4.10. The maximum absolute atomic E-state index is 12.6. The van der Waals surface area contributed by atoms with Crippen molar-refractivity contribution in [3.63, 3.8) is 0 Å². The fourth-order valence-corrected chi connectivity index (χ4v) is 3.22. The number of piperazine rings is 1. The monoisotopic (exact) mass is 296 g/mol. The van der Waals surface area contributed by atoms with Gasteiger partial charge in [-0.1, -0.05) is 0 Å². The van der Waals surface area contributed by atoms with Gasteiger partial charge in [0.15, 0.2) is 5.13 Å². The van der Waals surface area contributed by atoms with Crippen molar-refractivity contribution in [2.24, 2.45) is 0 Å². The smallest absolute Gasteiger partial charge is 0.273 e. The molecule has 2 rings (SSSR count). The largest absolute Gasteiger partial charge is 0.330 e. The lowest BCUT2D eigenvalue weighted by Gasteiger charge is -2.45. The van der Waals surface area contributed by atoms with Crippen molar-refractivity contribution >= 4 is 28.3 Å². The summed E-state index contributed by atoms with van der Waals surface area (Å²) in [4.78, 5) is 31.8. The van der Waals surface area contributed by atoms with Crippen LogP contribution in [0, 0.1) is 0 Å². The molecular formula is C13H20N4O2S. The topological polar surface area (TPSA) is 65.5 Å². The molecule has 0 unspecified atom stereocenters. The van der Waals surface area contributed by atoms with E-state index < -0.39 is 0 Å². The highest BCUT2D eigenvalue weighted by Crippen LogP contribution is 2.24. The number of nitrogens with zero attached hydrogens (tertiary/aromatic N) is 3. The molecule has 1 N–H and O–H groups in total. The van der Waals surface area contributed by atoms with E-state index in [1.165, 1.54) is 18.3 Å². The van der Waals surface area contributed by atoms with E-state index in [0.29, 0.717) is 17.4 Å². The molecule has 1 aromatic heterocycles. The lowest BCUT2D eigenvalue weighted by Crippen LogP contribution is -2.60. The molecule has 2 amide bonds. The number of nitrogens with one attached hydrogen (secondary N) is 1. The third-order valence-electron chi connectivity index (χ3n) is 3.34. The maximum atomic E-state index is 12.6. The predicted molar refractivity (Wildman–Crippen MR) is 79.0 cm³/mol. The molecule has 0 radical (unpaired) electrons. The number of carbonyl (C=O) groups excluding carboxylic acids is 2. The van der Waals surface area contributed by atoms with Gasteiger partial charge in [-0.15, -0.1) is 11.3 Å². The average molecular weight is 296 g/mol. The second kappa shape index (κ2) is 5.49. The zero-order chi connectivity index (χ0) is 14.9. The quantitative estimate of drug-likeness (QED) is 0.892. The summed E-state index contributed by atoms with van der Waals surface area (Å²) in [5.41, 5.74) is 0.179.